The highest BCUT2D eigenvalue weighted by atomic mass is 19.1. The first-order valence-corrected chi connectivity index (χ1v) is 6.37. The number of amides is 1. The Balaban J connectivity index is 2.35. The number of phenolic OH excluding ortho intramolecular Hbond substituents is 1. The van der Waals surface area contributed by atoms with Gasteiger partial charge in [-0.1, -0.05) is 0 Å². The summed E-state index contributed by atoms with van der Waals surface area (Å²) < 4.78 is 26.9. The lowest BCUT2D eigenvalue weighted by Gasteiger charge is -2.11. The first kappa shape index (κ1) is 15.0. The fourth-order valence-electron chi connectivity index (χ4n) is 1.96. The second-order valence-corrected chi connectivity index (χ2v) is 4.99. The number of hydrogen-bond donors (Lipinski definition) is 2. The number of nitrogens with one attached hydrogen (secondary N) is 1. The Morgan fingerprint density at radius 1 is 0.952 bits per heavy atom. The van der Waals surface area contributed by atoms with Crippen LogP contribution in [-0.4, -0.2) is 11.0 Å². The van der Waals surface area contributed by atoms with Crippen molar-refractivity contribution in [2.45, 2.75) is 20.8 Å². The summed E-state index contributed by atoms with van der Waals surface area (Å²) in [6.07, 6.45) is 0. The summed E-state index contributed by atoms with van der Waals surface area (Å²) in [5.74, 6) is -2.15. The summed E-state index contributed by atoms with van der Waals surface area (Å²) in [4.78, 5) is 12.1. The van der Waals surface area contributed by atoms with Gasteiger partial charge in [0.1, 0.15) is 17.4 Å². The molecular formula is C16H15F2NO2. The number of rotatable bonds is 2. The van der Waals surface area contributed by atoms with Gasteiger partial charge >= 0.3 is 0 Å². The van der Waals surface area contributed by atoms with Gasteiger partial charge in [0.15, 0.2) is 0 Å². The van der Waals surface area contributed by atoms with E-state index in [-0.39, 0.29) is 16.9 Å². The van der Waals surface area contributed by atoms with Gasteiger partial charge < -0.3 is 10.4 Å². The Morgan fingerprint density at radius 3 is 2.29 bits per heavy atom. The number of hydrogen-bond acceptors (Lipinski definition) is 2. The molecule has 1 amide bonds. The molecular weight excluding hydrogens is 276 g/mol. The average molecular weight is 291 g/mol. The second kappa shape index (κ2) is 5.52. The van der Waals surface area contributed by atoms with Gasteiger partial charge in [0, 0.05) is 11.8 Å². The maximum atomic E-state index is 13.7. The predicted molar refractivity (Wildman–Crippen MR) is 76.6 cm³/mol. The van der Waals surface area contributed by atoms with Gasteiger partial charge in [0.05, 0.1) is 5.56 Å². The first-order valence-electron chi connectivity index (χ1n) is 6.37. The molecule has 0 spiro atoms. The summed E-state index contributed by atoms with van der Waals surface area (Å²) in [5.41, 5.74) is 1.67. The molecule has 2 N–H and O–H groups in total. The van der Waals surface area contributed by atoms with Crippen molar-refractivity contribution in [3.63, 3.8) is 0 Å². The molecule has 2 aromatic carbocycles. The molecule has 0 aliphatic carbocycles. The lowest BCUT2D eigenvalue weighted by Crippen LogP contribution is -2.15. The zero-order valence-electron chi connectivity index (χ0n) is 11.9. The van der Waals surface area contributed by atoms with Gasteiger partial charge in [-0.2, -0.15) is 0 Å². The quantitative estimate of drug-likeness (QED) is 0.826. The van der Waals surface area contributed by atoms with Crippen molar-refractivity contribution < 1.29 is 18.7 Å². The van der Waals surface area contributed by atoms with Gasteiger partial charge in [-0.15, -0.1) is 0 Å². The lowest BCUT2D eigenvalue weighted by molar-refractivity contribution is 0.102. The molecule has 0 fully saturated rings. The van der Waals surface area contributed by atoms with Gasteiger partial charge in [-0.05, 0) is 55.7 Å². The minimum Gasteiger partial charge on any atom is -0.508 e. The maximum Gasteiger partial charge on any atom is 0.258 e. The van der Waals surface area contributed by atoms with E-state index in [0.29, 0.717) is 22.9 Å². The zero-order chi connectivity index (χ0) is 15.7. The van der Waals surface area contributed by atoms with Crippen molar-refractivity contribution in [1.29, 1.82) is 0 Å². The van der Waals surface area contributed by atoms with Crippen LogP contribution in [0.5, 0.6) is 5.75 Å². The molecule has 0 radical (unpaired) electrons. The normalized spacial score (nSPS) is 10.5. The maximum absolute atomic E-state index is 13.7. The molecule has 0 heterocycles. The number of phenols is 1. The van der Waals surface area contributed by atoms with Crippen LogP contribution in [0.15, 0.2) is 24.3 Å². The Hall–Kier alpha value is -2.43. The summed E-state index contributed by atoms with van der Waals surface area (Å²) >= 11 is 0. The third kappa shape index (κ3) is 3.02. The highest BCUT2D eigenvalue weighted by Crippen LogP contribution is 2.25. The number of benzene rings is 2. The Labute approximate surface area is 121 Å². The van der Waals surface area contributed by atoms with Crippen LogP contribution in [0.2, 0.25) is 0 Å². The van der Waals surface area contributed by atoms with E-state index in [9.17, 15) is 18.7 Å². The highest BCUT2D eigenvalue weighted by molar-refractivity contribution is 6.05. The predicted octanol–water partition coefficient (Wildman–Crippen LogP) is 3.85. The molecule has 3 nitrogen and oxygen atoms in total. The molecule has 0 atom stereocenters. The minimum absolute atomic E-state index is 0.120. The summed E-state index contributed by atoms with van der Waals surface area (Å²) in [6.45, 7) is 4.86. The third-order valence-electron chi connectivity index (χ3n) is 3.28. The molecule has 0 aromatic heterocycles. The largest absolute Gasteiger partial charge is 0.508 e. The minimum atomic E-state index is -0.913. The van der Waals surface area contributed by atoms with E-state index in [1.54, 1.807) is 19.9 Å². The smallest absolute Gasteiger partial charge is 0.258 e. The molecule has 0 bridgehead atoms. The van der Waals surface area contributed by atoms with Gasteiger partial charge in [-0.3, -0.25) is 4.79 Å². The van der Waals surface area contributed by atoms with Crippen LogP contribution in [0.4, 0.5) is 14.5 Å². The van der Waals surface area contributed by atoms with Crippen molar-refractivity contribution in [2.24, 2.45) is 0 Å². The van der Waals surface area contributed by atoms with E-state index in [1.807, 2.05) is 0 Å². The number of anilines is 1. The van der Waals surface area contributed by atoms with Crippen LogP contribution in [0, 0.1) is 32.4 Å². The summed E-state index contributed by atoms with van der Waals surface area (Å²) in [5, 5.41) is 12.1. The fraction of sp³-hybridized carbons (Fsp3) is 0.188. The van der Waals surface area contributed by atoms with Gasteiger partial charge in [0.25, 0.3) is 5.91 Å². The number of carbonyl (C=O) groups excluding carboxylic acids is 1. The molecule has 0 saturated heterocycles. The molecule has 2 rings (SSSR count). The monoisotopic (exact) mass is 291 g/mol. The molecule has 0 unspecified atom stereocenters. The molecule has 0 aliphatic rings. The van der Waals surface area contributed by atoms with Gasteiger partial charge in [0.2, 0.25) is 0 Å². The third-order valence-corrected chi connectivity index (χ3v) is 3.28. The van der Waals surface area contributed by atoms with Crippen molar-refractivity contribution in [1.82, 2.24) is 0 Å². The van der Waals surface area contributed by atoms with Crippen molar-refractivity contribution >= 4 is 11.6 Å². The van der Waals surface area contributed by atoms with Crippen molar-refractivity contribution in [3.8, 4) is 5.75 Å². The van der Waals surface area contributed by atoms with Crippen LogP contribution in [-0.2, 0) is 0 Å². The molecule has 2 aromatic rings. The van der Waals surface area contributed by atoms with Crippen LogP contribution >= 0.6 is 0 Å². The van der Waals surface area contributed by atoms with Crippen LogP contribution in [0.25, 0.3) is 0 Å². The average Bonchev–Trinajstić information content (AvgIpc) is 2.40. The van der Waals surface area contributed by atoms with Crippen LogP contribution in [0.1, 0.15) is 27.0 Å². The molecule has 0 aliphatic heterocycles. The van der Waals surface area contributed by atoms with Crippen LogP contribution < -0.4 is 5.32 Å². The Kier molecular flexibility index (Phi) is 3.93. The molecule has 5 heteroatoms. The van der Waals surface area contributed by atoms with E-state index in [2.05, 4.69) is 5.32 Å². The lowest BCUT2D eigenvalue weighted by atomic mass is 10.1. The van der Waals surface area contributed by atoms with E-state index in [0.717, 1.165) is 0 Å². The van der Waals surface area contributed by atoms with Crippen molar-refractivity contribution in [2.75, 3.05) is 5.32 Å². The second-order valence-electron chi connectivity index (χ2n) is 4.99. The number of halogens is 2. The van der Waals surface area contributed by atoms with E-state index < -0.39 is 17.5 Å². The summed E-state index contributed by atoms with van der Waals surface area (Å²) in [6, 6.07) is 4.97. The van der Waals surface area contributed by atoms with Crippen LogP contribution in [0.3, 0.4) is 0 Å². The molecule has 110 valence electrons. The van der Waals surface area contributed by atoms with Crippen molar-refractivity contribution in [3.05, 3.63) is 58.2 Å². The molecule has 21 heavy (non-hydrogen) atoms. The Morgan fingerprint density at radius 2 is 1.62 bits per heavy atom. The number of aromatic hydroxyl groups is 1. The topological polar surface area (TPSA) is 49.3 Å². The van der Waals surface area contributed by atoms with E-state index in [4.69, 9.17) is 0 Å². The Bertz CT molecular complexity index is 727. The summed E-state index contributed by atoms with van der Waals surface area (Å²) in [7, 11) is 0. The fourth-order valence-corrected chi connectivity index (χ4v) is 1.96. The van der Waals surface area contributed by atoms with E-state index in [1.165, 1.54) is 19.1 Å². The SMILES string of the molecule is Cc1cc(NC(=O)c2cc(C)c(F)cc2F)c(C)cc1O. The molecule has 0 saturated carbocycles. The number of aryl methyl sites for hydroxylation is 3. The number of carbonyl (C=O) groups is 1. The standard InChI is InChI=1S/C16H15F2NO2/c1-8-4-11(13(18)7-12(8)17)16(21)19-14-5-10(3)15(20)6-9(14)2/h4-7,20H,1-3H3,(H,19,21). The highest BCUT2D eigenvalue weighted by Gasteiger charge is 2.16. The van der Waals surface area contributed by atoms with Gasteiger partial charge in [-0.25, -0.2) is 8.78 Å². The van der Waals surface area contributed by atoms with E-state index >= 15 is 0 Å². The zero-order valence-corrected chi connectivity index (χ0v) is 11.9. The first-order chi connectivity index (χ1) is 9.79.